The molecule has 1 aromatic rings. The summed E-state index contributed by atoms with van der Waals surface area (Å²) in [7, 11) is 0. The number of non-ortho nitro benzene ring substituents is 1. The standard InChI is InChI=1S/C23H38N2O5/c1-2-3-4-5-6-7-8-9-10-11-12-13-22(27)21(18-26)24-23(28)19-14-16-20(17-15-19)25(29)30/h14-17,21-22,26-27H,2-13,18H2,1H3,(H,24,28). The molecule has 7 heteroatoms. The third-order valence-electron chi connectivity index (χ3n) is 5.42. The average Bonchev–Trinajstić information content (AvgIpc) is 2.75. The second-order valence-corrected chi connectivity index (χ2v) is 7.96. The van der Waals surface area contributed by atoms with Gasteiger partial charge in [0, 0.05) is 17.7 Å². The molecule has 0 saturated carbocycles. The zero-order valence-electron chi connectivity index (χ0n) is 18.2. The van der Waals surface area contributed by atoms with Gasteiger partial charge in [0.1, 0.15) is 0 Å². The van der Waals surface area contributed by atoms with Crippen LogP contribution in [-0.2, 0) is 0 Å². The lowest BCUT2D eigenvalue weighted by Gasteiger charge is -2.22. The molecule has 0 saturated heterocycles. The molecule has 0 aliphatic rings. The van der Waals surface area contributed by atoms with E-state index in [1.165, 1.54) is 75.6 Å². The molecule has 2 atom stereocenters. The van der Waals surface area contributed by atoms with Gasteiger partial charge in [-0.15, -0.1) is 0 Å². The van der Waals surface area contributed by atoms with E-state index in [2.05, 4.69) is 12.2 Å². The molecule has 2 unspecified atom stereocenters. The van der Waals surface area contributed by atoms with Gasteiger partial charge >= 0.3 is 0 Å². The molecule has 0 radical (unpaired) electrons. The van der Waals surface area contributed by atoms with E-state index in [9.17, 15) is 25.1 Å². The number of nitrogens with one attached hydrogen (secondary N) is 1. The first kappa shape index (κ1) is 26.0. The average molecular weight is 423 g/mol. The quantitative estimate of drug-likeness (QED) is 0.190. The van der Waals surface area contributed by atoms with Crippen molar-refractivity contribution in [2.24, 2.45) is 0 Å². The Labute approximate surface area is 180 Å². The van der Waals surface area contributed by atoms with Crippen molar-refractivity contribution in [1.82, 2.24) is 5.32 Å². The lowest BCUT2D eigenvalue weighted by molar-refractivity contribution is -0.384. The molecule has 170 valence electrons. The largest absolute Gasteiger partial charge is 0.394 e. The van der Waals surface area contributed by atoms with Gasteiger partial charge in [0.15, 0.2) is 0 Å². The Balaban J connectivity index is 2.20. The Morgan fingerprint density at radius 3 is 1.93 bits per heavy atom. The van der Waals surface area contributed by atoms with Crippen molar-refractivity contribution in [3.63, 3.8) is 0 Å². The third kappa shape index (κ3) is 10.7. The van der Waals surface area contributed by atoms with E-state index in [1.807, 2.05) is 0 Å². The van der Waals surface area contributed by atoms with Crippen molar-refractivity contribution < 1.29 is 19.9 Å². The molecule has 0 heterocycles. The molecule has 3 N–H and O–H groups in total. The van der Waals surface area contributed by atoms with E-state index in [0.29, 0.717) is 6.42 Å². The Bertz CT molecular complexity index is 606. The molecule has 0 aliphatic heterocycles. The normalized spacial score (nSPS) is 13.0. The molecule has 1 rings (SSSR count). The zero-order valence-corrected chi connectivity index (χ0v) is 18.2. The van der Waals surface area contributed by atoms with E-state index in [4.69, 9.17) is 0 Å². The number of carbonyl (C=O) groups is 1. The molecule has 1 aromatic carbocycles. The molecule has 1 amide bonds. The summed E-state index contributed by atoms with van der Waals surface area (Å²) in [5, 5.41) is 33.1. The van der Waals surface area contributed by atoms with Crippen molar-refractivity contribution >= 4 is 11.6 Å². The number of benzene rings is 1. The molecule has 30 heavy (non-hydrogen) atoms. The summed E-state index contributed by atoms with van der Waals surface area (Å²) in [4.78, 5) is 22.4. The van der Waals surface area contributed by atoms with Gasteiger partial charge in [0.05, 0.1) is 23.7 Å². The van der Waals surface area contributed by atoms with Crippen LogP contribution in [0.25, 0.3) is 0 Å². The van der Waals surface area contributed by atoms with Crippen LogP contribution >= 0.6 is 0 Å². The predicted octanol–water partition coefficient (Wildman–Crippen LogP) is 4.75. The molecule has 0 spiro atoms. The van der Waals surface area contributed by atoms with Gasteiger partial charge in [0.25, 0.3) is 11.6 Å². The lowest BCUT2D eigenvalue weighted by atomic mass is 10.0. The minimum absolute atomic E-state index is 0.0956. The number of aliphatic hydroxyl groups excluding tert-OH is 2. The monoisotopic (exact) mass is 422 g/mol. The van der Waals surface area contributed by atoms with Crippen LogP contribution in [0.15, 0.2) is 24.3 Å². The first-order valence-electron chi connectivity index (χ1n) is 11.3. The highest BCUT2D eigenvalue weighted by molar-refractivity contribution is 5.94. The number of amides is 1. The van der Waals surface area contributed by atoms with Crippen molar-refractivity contribution in [1.29, 1.82) is 0 Å². The molecule has 0 fully saturated rings. The summed E-state index contributed by atoms with van der Waals surface area (Å²) in [6.45, 7) is 1.87. The van der Waals surface area contributed by atoms with Gasteiger partial charge < -0.3 is 15.5 Å². The summed E-state index contributed by atoms with van der Waals surface area (Å²) in [5.41, 5.74) is 0.155. The van der Waals surface area contributed by atoms with Gasteiger partial charge in [-0.1, -0.05) is 77.6 Å². The van der Waals surface area contributed by atoms with Crippen molar-refractivity contribution in [3.05, 3.63) is 39.9 Å². The molecule has 0 aliphatic carbocycles. The predicted molar refractivity (Wildman–Crippen MR) is 119 cm³/mol. The number of nitrogens with zero attached hydrogens (tertiary/aromatic N) is 1. The number of nitro benzene ring substituents is 1. The number of nitro groups is 1. The first-order valence-corrected chi connectivity index (χ1v) is 11.3. The van der Waals surface area contributed by atoms with Gasteiger partial charge in [-0.25, -0.2) is 0 Å². The van der Waals surface area contributed by atoms with Crippen LogP contribution in [-0.4, -0.2) is 39.8 Å². The fourth-order valence-corrected chi connectivity index (χ4v) is 3.47. The summed E-state index contributed by atoms with van der Waals surface area (Å²) < 4.78 is 0. The number of aliphatic hydroxyl groups is 2. The van der Waals surface area contributed by atoms with Crippen LogP contribution < -0.4 is 5.32 Å². The van der Waals surface area contributed by atoms with Gasteiger partial charge in [-0.05, 0) is 18.6 Å². The van der Waals surface area contributed by atoms with Crippen molar-refractivity contribution in [2.45, 2.75) is 96.1 Å². The Hall–Kier alpha value is -1.99. The SMILES string of the molecule is CCCCCCCCCCCCCC(O)C(CO)NC(=O)c1ccc([N+](=O)[O-])cc1. The maximum atomic E-state index is 12.3. The van der Waals surface area contributed by atoms with Crippen LogP contribution in [0, 0.1) is 10.1 Å². The number of hydrogen-bond donors (Lipinski definition) is 3. The second kappa shape index (κ2) is 15.8. The van der Waals surface area contributed by atoms with Crippen LogP contribution in [0.5, 0.6) is 0 Å². The van der Waals surface area contributed by atoms with E-state index in [0.717, 1.165) is 19.3 Å². The summed E-state index contributed by atoms with van der Waals surface area (Å²) in [6, 6.07) is 4.47. The lowest BCUT2D eigenvalue weighted by Crippen LogP contribution is -2.45. The fourth-order valence-electron chi connectivity index (χ4n) is 3.47. The fraction of sp³-hybridized carbons (Fsp3) is 0.696. The van der Waals surface area contributed by atoms with Crippen LogP contribution in [0.4, 0.5) is 5.69 Å². The molecular weight excluding hydrogens is 384 g/mol. The highest BCUT2D eigenvalue weighted by Crippen LogP contribution is 2.15. The van der Waals surface area contributed by atoms with Crippen LogP contribution in [0.2, 0.25) is 0 Å². The zero-order chi connectivity index (χ0) is 22.2. The summed E-state index contributed by atoms with van der Waals surface area (Å²) >= 11 is 0. The van der Waals surface area contributed by atoms with E-state index < -0.39 is 23.0 Å². The Kier molecular flexibility index (Phi) is 13.7. The Morgan fingerprint density at radius 1 is 0.967 bits per heavy atom. The van der Waals surface area contributed by atoms with Gasteiger partial charge in [-0.2, -0.15) is 0 Å². The van der Waals surface area contributed by atoms with Crippen molar-refractivity contribution in [3.8, 4) is 0 Å². The summed E-state index contributed by atoms with van der Waals surface area (Å²) in [6.07, 6.45) is 13.1. The number of unbranched alkanes of at least 4 members (excludes halogenated alkanes) is 10. The topological polar surface area (TPSA) is 113 Å². The molecule has 7 nitrogen and oxygen atoms in total. The smallest absolute Gasteiger partial charge is 0.269 e. The van der Waals surface area contributed by atoms with E-state index >= 15 is 0 Å². The van der Waals surface area contributed by atoms with Crippen LogP contribution in [0.3, 0.4) is 0 Å². The van der Waals surface area contributed by atoms with E-state index in [1.54, 1.807) is 0 Å². The number of carbonyl (C=O) groups excluding carboxylic acids is 1. The van der Waals surface area contributed by atoms with E-state index in [-0.39, 0.29) is 17.9 Å². The molecule has 0 bridgehead atoms. The number of rotatable bonds is 17. The summed E-state index contributed by atoms with van der Waals surface area (Å²) in [5.74, 6) is -0.470. The third-order valence-corrected chi connectivity index (χ3v) is 5.42. The molecular formula is C23H38N2O5. The minimum Gasteiger partial charge on any atom is -0.394 e. The highest BCUT2D eigenvalue weighted by atomic mass is 16.6. The molecule has 0 aromatic heterocycles. The second-order valence-electron chi connectivity index (χ2n) is 7.96. The number of hydrogen-bond acceptors (Lipinski definition) is 5. The van der Waals surface area contributed by atoms with Crippen LogP contribution in [0.1, 0.15) is 94.3 Å². The maximum absolute atomic E-state index is 12.3. The van der Waals surface area contributed by atoms with Gasteiger partial charge in [-0.3, -0.25) is 14.9 Å². The van der Waals surface area contributed by atoms with Crippen molar-refractivity contribution in [2.75, 3.05) is 6.61 Å². The first-order chi connectivity index (χ1) is 14.5. The minimum atomic E-state index is -0.824. The highest BCUT2D eigenvalue weighted by Gasteiger charge is 2.21. The maximum Gasteiger partial charge on any atom is 0.269 e. The van der Waals surface area contributed by atoms with Gasteiger partial charge in [0.2, 0.25) is 0 Å². The Morgan fingerprint density at radius 2 is 1.47 bits per heavy atom.